The number of hydrogen-bond acceptors (Lipinski definition) is 2. The predicted molar refractivity (Wildman–Crippen MR) is 71.6 cm³/mol. The third-order valence-electron chi connectivity index (χ3n) is 2.35. The molecule has 98 valence electrons. The molecule has 0 fully saturated rings. The maximum Gasteiger partial charge on any atom is 0.337 e. The molecule has 1 N–H and O–H groups in total. The zero-order valence-corrected chi connectivity index (χ0v) is 11.4. The maximum atomic E-state index is 13.2. The fourth-order valence-corrected chi connectivity index (χ4v) is 2.12. The summed E-state index contributed by atoms with van der Waals surface area (Å²) in [5.74, 6) is -2.04. The van der Waals surface area contributed by atoms with Crippen LogP contribution in [0.1, 0.15) is 10.4 Å². The van der Waals surface area contributed by atoms with E-state index in [0.29, 0.717) is 0 Å². The molecule has 0 bridgehead atoms. The molecule has 19 heavy (non-hydrogen) atoms. The van der Waals surface area contributed by atoms with Crippen LogP contribution in [0.25, 0.3) is 11.3 Å². The highest BCUT2D eigenvalue weighted by atomic mass is 35.5. The quantitative estimate of drug-likeness (QED) is 0.652. The summed E-state index contributed by atoms with van der Waals surface area (Å²) in [5, 5.41) is 9.46. The standard InChI is InChI=1S/C12H5Cl3FNO2/c13-7-3-5(4-8(14)10(7)15)11-6(12(18)19)1-2-9(16)17-11/h1-4H,(H,18,19). The highest BCUT2D eigenvalue weighted by Gasteiger charge is 2.16. The van der Waals surface area contributed by atoms with Crippen molar-refractivity contribution in [1.29, 1.82) is 0 Å². The van der Waals surface area contributed by atoms with E-state index < -0.39 is 11.9 Å². The van der Waals surface area contributed by atoms with Crippen LogP contribution in [0.5, 0.6) is 0 Å². The van der Waals surface area contributed by atoms with E-state index >= 15 is 0 Å². The third-order valence-corrected chi connectivity index (χ3v) is 3.55. The number of halogens is 4. The first kappa shape index (κ1) is 14.1. The molecule has 0 saturated heterocycles. The normalized spacial score (nSPS) is 10.5. The van der Waals surface area contributed by atoms with E-state index in [-0.39, 0.29) is 31.9 Å². The number of hydrogen-bond donors (Lipinski definition) is 1. The van der Waals surface area contributed by atoms with E-state index in [1.807, 2.05) is 0 Å². The zero-order valence-electron chi connectivity index (χ0n) is 9.12. The number of rotatable bonds is 2. The molecule has 1 aromatic carbocycles. The van der Waals surface area contributed by atoms with Gasteiger partial charge in [-0.15, -0.1) is 0 Å². The van der Waals surface area contributed by atoms with E-state index in [9.17, 15) is 9.18 Å². The lowest BCUT2D eigenvalue weighted by Gasteiger charge is -2.08. The molecule has 7 heteroatoms. The van der Waals surface area contributed by atoms with Crippen LogP contribution in [-0.2, 0) is 0 Å². The van der Waals surface area contributed by atoms with Gasteiger partial charge in [0, 0.05) is 5.56 Å². The van der Waals surface area contributed by atoms with E-state index in [1.165, 1.54) is 12.1 Å². The third kappa shape index (κ3) is 2.81. The van der Waals surface area contributed by atoms with Crippen molar-refractivity contribution in [3.63, 3.8) is 0 Å². The van der Waals surface area contributed by atoms with Crippen LogP contribution in [0.4, 0.5) is 4.39 Å². The second kappa shape index (κ2) is 5.33. The second-order valence-electron chi connectivity index (χ2n) is 3.59. The summed E-state index contributed by atoms with van der Waals surface area (Å²) in [6.45, 7) is 0. The Morgan fingerprint density at radius 1 is 1.16 bits per heavy atom. The number of nitrogens with zero attached hydrogens (tertiary/aromatic N) is 1. The molecular weight excluding hydrogens is 315 g/mol. The fourth-order valence-electron chi connectivity index (χ4n) is 1.52. The largest absolute Gasteiger partial charge is 0.478 e. The molecule has 0 amide bonds. The summed E-state index contributed by atoms with van der Waals surface area (Å²) in [6, 6.07) is 4.84. The van der Waals surface area contributed by atoms with E-state index in [1.54, 1.807) is 0 Å². The first-order valence-electron chi connectivity index (χ1n) is 4.95. The van der Waals surface area contributed by atoms with Crippen molar-refractivity contribution in [2.24, 2.45) is 0 Å². The van der Waals surface area contributed by atoms with Gasteiger partial charge in [-0.25, -0.2) is 9.78 Å². The molecule has 0 saturated carbocycles. The zero-order chi connectivity index (χ0) is 14.2. The Kier molecular flexibility index (Phi) is 3.94. The molecule has 0 unspecified atom stereocenters. The van der Waals surface area contributed by atoms with Crippen LogP contribution < -0.4 is 0 Å². The van der Waals surface area contributed by atoms with E-state index in [4.69, 9.17) is 39.9 Å². The van der Waals surface area contributed by atoms with Gasteiger partial charge in [-0.1, -0.05) is 34.8 Å². The van der Waals surface area contributed by atoms with Gasteiger partial charge in [0.05, 0.1) is 26.3 Å². The molecule has 0 atom stereocenters. The Morgan fingerprint density at radius 3 is 2.26 bits per heavy atom. The Bertz CT molecular complexity index is 653. The average molecular weight is 321 g/mol. The number of carbonyl (C=O) groups is 1. The van der Waals surface area contributed by atoms with Crippen LogP contribution >= 0.6 is 34.8 Å². The Morgan fingerprint density at radius 2 is 1.74 bits per heavy atom. The molecule has 1 heterocycles. The average Bonchev–Trinajstić information content (AvgIpc) is 2.34. The number of aromatic nitrogens is 1. The molecule has 2 rings (SSSR count). The Balaban J connectivity index is 2.71. The number of carboxylic acid groups (broad SMARTS) is 1. The van der Waals surface area contributed by atoms with Gasteiger partial charge in [0.15, 0.2) is 0 Å². The molecule has 0 aliphatic carbocycles. The maximum absolute atomic E-state index is 13.2. The molecule has 3 nitrogen and oxygen atoms in total. The molecule has 1 aromatic heterocycles. The van der Waals surface area contributed by atoms with Gasteiger partial charge in [0.2, 0.25) is 5.95 Å². The Labute approximate surface area is 122 Å². The first-order valence-corrected chi connectivity index (χ1v) is 6.08. The fraction of sp³-hybridized carbons (Fsp3) is 0. The van der Waals surface area contributed by atoms with Gasteiger partial charge in [0.25, 0.3) is 0 Å². The van der Waals surface area contributed by atoms with Crippen LogP contribution in [0.15, 0.2) is 24.3 Å². The summed E-state index contributed by atoms with van der Waals surface area (Å²) in [6.07, 6.45) is 0. The predicted octanol–water partition coefficient (Wildman–Crippen LogP) is 4.55. The van der Waals surface area contributed by atoms with E-state index in [2.05, 4.69) is 4.98 Å². The van der Waals surface area contributed by atoms with Crippen molar-refractivity contribution < 1.29 is 14.3 Å². The van der Waals surface area contributed by atoms with Gasteiger partial charge in [-0.2, -0.15) is 4.39 Å². The summed E-state index contributed by atoms with van der Waals surface area (Å²) < 4.78 is 13.2. The summed E-state index contributed by atoms with van der Waals surface area (Å²) in [5.41, 5.74) is 0.0557. The lowest BCUT2D eigenvalue weighted by atomic mass is 10.1. The highest BCUT2D eigenvalue weighted by molar-refractivity contribution is 6.48. The van der Waals surface area contributed by atoms with E-state index in [0.717, 1.165) is 12.1 Å². The number of pyridine rings is 1. The minimum absolute atomic E-state index is 0.0621. The van der Waals surface area contributed by atoms with Gasteiger partial charge in [-0.05, 0) is 24.3 Å². The van der Waals surface area contributed by atoms with Crippen LogP contribution in [0, 0.1) is 5.95 Å². The van der Waals surface area contributed by atoms with Crippen molar-refractivity contribution in [3.05, 3.63) is 50.8 Å². The molecule has 0 radical (unpaired) electrons. The first-order chi connectivity index (χ1) is 8.90. The van der Waals surface area contributed by atoms with Crippen LogP contribution in [0.3, 0.4) is 0 Å². The van der Waals surface area contributed by atoms with Crippen molar-refractivity contribution >= 4 is 40.8 Å². The molecular formula is C12H5Cl3FNO2. The number of aromatic carboxylic acids is 1. The SMILES string of the molecule is O=C(O)c1ccc(F)nc1-c1cc(Cl)c(Cl)c(Cl)c1. The van der Waals surface area contributed by atoms with Crippen molar-refractivity contribution in [2.75, 3.05) is 0 Å². The topological polar surface area (TPSA) is 50.2 Å². The smallest absolute Gasteiger partial charge is 0.337 e. The van der Waals surface area contributed by atoms with Crippen molar-refractivity contribution in [2.45, 2.75) is 0 Å². The van der Waals surface area contributed by atoms with Gasteiger partial charge in [0.1, 0.15) is 0 Å². The monoisotopic (exact) mass is 319 g/mol. The van der Waals surface area contributed by atoms with Gasteiger partial charge >= 0.3 is 5.97 Å². The minimum atomic E-state index is -1.23. The van der Waals surface area contributed by atoms with Gasteiger partial charge < -0.3 is 5.11 Å². The number of benzene rings is 1. The second-order valence-corrected chi connectivity index (χ2v) is 4.78. The summed E-state index contributed by atoms with van der Waals surface area (Å²) in [7, 11) is 0. The summed E-state index contributed by atoms with van der Waals surface area (Å²) in [4.78, 5) is 14.7. The lowest BCUT2D eigenvalue weighted by molar-refractivity contribution is 0.0697. The molecule has 0 spiro atoms. The lowest BCUT2D eigenvalue weighted by Crippen LogP contribution is -2.03. The van der Waals surface area contributed by atoms with Crippen LogP contribution in [0.2, 0.25) is 15.1 Å². The Hall–Kier alpha value is -1.36. The van der Waals surface area contributed by atoms with Crippen molar-refractivity contribution in [3.8, 4) is 11.3 Å². The highest BCUT2D eigenvalue weighted by Crippen LogP contribution is 2.35. The molecule has 0 aliphatic heterocycles. The van der Waals surface area contributed by atoms with Gasteiger partial charge in [-0.3, -0.25) is 0 Å². The van der Waals surface area contributed by atoms with Crippen molar-refractivity contribution in [1.82, 2.24) is 4.98 Å². The molecule has 0 aliphatic rings. The molecule has 2 aromatic rings. The summed E-state index contributed by atoms with van der Waals surface area (Å²) >= 11 is 17.5. The minimum Gasteiger partial charge on any atom is -0.478 e. The number of carboxylic acids is 1. The van der Waals surface area contributed by atoms with Crippen LogP contribution in [-0.4, -0.2) is 16.1 Å².